The first-order chi connectivity index (χ1) is 14.6. The highest BCUT2D eigenvalue weighted by atomic mass is 32.2. The van der Waals surface area contributed by atoms with E-state index >= 15 is 0 Å². The van der Waals surface area contributed by atoms with Crippen LogP contribution in [-0.4, -0.2) is 49.9 Å². The molecule has 160 valence electrons. The Morgan fingerprint density at radius 3 is 2.67 bits per heavy atom. The van der Waals surface area contributed by atoms with Crippen molar-refractivity contribution in [3.63, 3.8) is 0 Å². The highest BCUT2D eigenvalue weighted by Crippen LogP contribution is 2.39. The number of ether oxygens (including phenoxy) is 2. The normalized spacial score (nSPS) is 21.8. The second-order valence-electron chi connectivity index (χ2n) is 7.97. The predicted molar refractivity (Wildman–Crippen MR) is 122 cm³/mol. The van der Waals surface area contributed by atoms with Crippen LogP contribution in [0.1, 0.15) is 37.8 Å². The number of thioether (sulfide) groups is 1. The SMILES string of the molecule is COc1ccc([C@@H]2CCCN2CC(=O)N2CC[C@H](C)Sc3ccccc32)cc1OC. The molecule has 0 aromatic heterocycles. The number of para-hydroxylation sites is 1. The topological polar surface area (TPSA) is 42.0 Å². The van der Waals surface area contributed by atoms with Crippen LogP contribution in [0.15, 0.2) is 47.4 Å². The van der Waals surface area contributed by atoms with Crippen molar-refractivity contribution in [1.82, 2.24) is 4.90 Å². The standard InChI is InChI=1S/C24H30N2O3S/c1-17-12-14-26(20-7-4-5-9-23(20)30-17)24(27)16-25-13-6-8-19(25)18-10-11-21(28-2)22(15-18)29-3/h4-5,7,9-11,15,17,19H,6,8,12-14,16H2,1-3H3/t17-,19-/m0/s1. The zero-order valence-corrected chi connectivity index (χ0v) is 18.8. The number of anilines is 1. The molecule has 5 nitrogen and oxygen atoms in total. The average Bonchev–Trinajstić information content (AvgIpc) is 3.14. The van der Waals surface area contributed by atoms with Crippen molar-refractivity contribution >= 4 is 23.4 Å². The van der Waals surface area contributed by atoms with Gasteiger partial charge in [0.1, 0.15) is 0 Å². The summed E-state index contributed by atoms with van der Waals surface area (Å²) < 4.78 is 10.9. The lowest BCUT2D eigenvalue weighted by molar-refractivity contribution is -0.120. The summed E-state index contributed by atoms with van der Waals surface area (Å²) in [7, 11) is 3.31. The van der Waals surface area contributed by atoms with Crippen LogP contribution in [0, 0.1) is 0 Å². The second-order valence-corrected chi connectivity index (χ2v) is 9.45. The molecule has 2 aromatic rings. The van der Waals surface area contributed by atoms with E-state index in [1.54, 1.807) is 14.2 Å². The maximum absolute atomic E-state index is 13.4. The van der Waals surface area contributed by atoms with Crippen LogP contribution in [-0.2, 0) is 4.79 Å². The third-order valence-electron chi connectivity index (χ3n) is 6.04. The van der Waals surface area contributed by atoms with Gasteiger partial charge in [0.2, 0.25) is 5.91 Å². The smallest absolute Gasteiger partial charge is 0.241 e. The molecule has 0 radical (unpaired) electrons. The van der Waals surface area contributed by atoms with Crippen molar-refractivity contribution in [2.75, 3.05) is 38.8 Å². The number of benzene rings is 2. The van der Waals surface area contributed by atoms with E-state index in [4.69, 9.17) is 9.47 Å². The largest absolute Gasteiger partial charge is 0.493 e. The Morgan fingerprint density at radius 2 is 1.87 bits per heavy atom. The highest BCUT2D eigenvalue weighted by Gasteiger charge is 2.31. The molecule has 2 atom stereocenters. The Balaban J connectivity index is 1.53. The zero-order chi connectivity index (χ0) is 21.1. The van der Waals surface area contributed by atoms with Gasteiger partial charge in [0.15, 0.2) is 11.5 Å². The van der Waals surface area contributed by atoms with Gasteiger partial charge in [0.05, 0.1) is 26.5 Å². The lowest BCUT2D eigenvalue weighted by Gasteiger charge is -2.29. The molecule has 1 saturated heterocycles. The number of carbonyl (C=O) groups is 1. The summed E-state index contributed by atoms with van der Waals surface area (Å²) in [5.74, 6) is 1.65. The van der Waals surface area contributed by atoms with E-state index in [1.165, 1.54) is 10.5 Å². The average molecular weight is 427 g/mol. The van der Waals surface area contributed by atoms with Crippen LogP contribution < -0.4 is 14.4 Å². The quantitative estimate of drug-likeness (QED) is 0.690. The third-order valence-corrected chi connectivity index (χ3v) is 7.28. The van der Waals surface area contributed by atoms with Crippen LogP contribution in [0.4, 0.5) is 5.69 Å². The lowest BCUT2D eigenvalue weighted by Crippen LogP contribution is -2.41. The van der Waals surface area contributed by atoms with Crippen LogP contribution in [0.5, 0.6) is 11.5 Å². The Kier molecular flexibility index (Phi) is 6.54. The van der Waals surface area contributed by atoms with Gasteiger partial charge >= 0.3 is 0 Å². The molecule has 2 aliphatic rings. The molecular formula is C24H30N2O3S. The first kappa shape index (κ1) is 21.1. The molecule has 4 rings (SSSR count). The summed E-state index contributed by atoms with van der Waals surface area (Å²) in [6.07, 6.45) is 3.15. The van der Waals surface area contributed by atoms with Crippen LogP contribution in [0.2, 0.25) is 0 Å². The Morgan fingerprint density at radius 1 is 1.07 bits per heavy atom. The number of rotatable bonds is 5. The summed E-state index contributed by atoms with van der Waals surface area (Å²) in [6, 6.07) is 14.6. The van der Waals surface area contributed by atoms with Gasteiger partial charge in [-0.05, 0) is 55.6 Å². The van der Waals surface area contributed by atoms with Crippen molar-refractivity contribution in [2.24, 2.45) is 0 Å². The molecule has 0 aliphatic carbocycles. The third kappa shape index (κ3) is 4.30. The predicted octanol–water partition coefficient (Wildman–Crippen LogP) is 4.76. The van der Waals surface area contributed by atoms with Crippen LogP contribution in [0.3, 0.4) is 0 Å². The van der Waals surface area contributed by atoms with Gasteiger partial charge in [-0.1, -0.05) is 25.1 Å². The molecule has 0 N–H and O–H groups in total. The summed E-state index contributed by atoms with van der Waals surface area (Å²) in [4.78, 5) is 18.9. The lowest BCUT2D eigenvalue weighted by atomic mass is 10.0. The van der Waals surface area contributed by atoms with Gasteiger partial charge in [0.25, 0.3) is 0 Å². The molecule has 1 fully saturated rings. The van der Waals surface area contributed by atoms with Gasteiger partial charge in [-0.2, -0.15) is 0 Å². The fourth-order valence-electron chi connectivity index (χ4n) is 4.46. The van der Waals surface area contributed by atoms with E-state index in [1.807, 2.05) is 34.9 Å². The highest BCUT2D eigenvalue weighted by molar-refractivity contribution is 8.00. The van der Waals surface area contributed by atoms with Gasteiger partial charge in [-0.25, -0.2) is 0 Å². The number of methoxy groups -OCH3 is 2. The Labute approximate surface area is 183 Å². The first-order valence-electron chi connectivity index (χ1n) is 10.6. The van der Waals surface area contributed by atoms with Gasteiger partial charge in [0, 0.05) is 22.7 Å². The van der Waals surface area contributed by atoms with E-state index in [2.05, 4.69) is 36.1 Å². The Hall–Kier alpha value is -2.18. The molecular weight excluding hydrogens is 396 g/mol. The molecule has 2 aromatic carbocycles. The van der Waals surface area contributed by atoms with E-state index in [0.29, 0.717) is 11.8 Å². The minimum absolute atomic E-state index is 0.185. The summed E-state index contributed by atoms with van der Waals surface area (Å²) in [6.45, 7) is 4.39. The molecule has 0 unspecified atom stereocenters. The number of fused-ring (bicyclic) bond motifs is 1. The first-order valence-corrected chi connectivity index (χ1v) is 11.5. The van der Waals surface area contributed by atoms with Crippen molar-refractivity contribution in [1.29, 1.82) is 0 Å². The number of likely N-dealkylation sites (tertiary alicyclic amines) is 1. The fourth-order valence-corrected chi connectivity index (χ4v) is 5.57. The number of hydrogen-bond acceptors (Lipinski definition) is 5. The van der Waals surface area contributed by atoms with Crippen molar-refractivity contribution in [2.45, 2.75) is 42.4 Å². The van der Waals surface area contributed by atoms with E-state index in [0.717, 1.165) is 49.5 Å². The summed E-state index contributed by atoms with van der Waals surface area (Å²) in [5, 5.41) is 0.509. The van der Waals surface area contributed by atoms with Gasteiger partial charge in [-0.15, -0.1) is 11.8 Å². The molecule has 6 heteroatoms. The van der Waals surface area contributed by atoms with E-state index in [-0.39, 0.29) is 11.9 Å². The molecule has 0 spiro atoms. The van der Waals surface area contributed by atoms with Gasteiger partial charge < -0.3 is 14.4 Å². The minimum Gasteiger partial charge on any atom is -0.493 e. The maximum Gasteiger partial charge on any atom is 0.241 e. The molecule has 1 amide bonds. The minimum atomic E-state index is 0.185. The van der Waals surface area contributed by atoms with Crippen molar-refractivity contribution in [3.8, 4) is 11.5 Å². The van der Waals surface area contributed by atoms with Crippen LogP contribution >= 0.6 is 11.8 Å². The van der Waals surface area contributed by atoms with E-state index in [9.17, 15) is 4.79 Å². The number of hydrogen-bond donors (Lipinski definition) is 0. The maximum atomic E-state index is 13.4. The monoisotopic (exact) mass is 426 g/mol. The fraction of sp³-hybridized carbons (Fsp3) is 0.458. The van der Waals surface area contributed by atoms with Gasteiger partial charge in [-0.3, -0.25) is 9.69 Å². The molecule has 30 heavy (non-hydrogen) atoms. The van der Waals surface area contributed by atoms with Crippen LogP contribution in [0.25, 0.3) is 0 Å². The summed E-state index contributed by atoms with van der Waals surface area (Å²) >= 11 is 1.87. The Bertz CT molecular complexity index is 904. The van der Waals surface area contributed by atoms with Crippen molar-refractivity contribution < 1.29 is 14.3 Å². The van der Waals surface area contributed by atoms with E-state index < -0.39 is 0 Å². The molecule has 2 heterocycles. The zero-order valence-electron chi connectivity index (χ0n) is 18.0. The number of nitrogens with zero attached hydrogens (tertiary/aromatic N) is 2. The molecule has 2 aliphatic heterocycles. The number of carbonyl (C=O) groups excluding carboxylic acids is 1. The summed E-state index contributed by atoms with van der Waals surface area (Å²) in [5.41, 5.74) is 2.23. The van der Waals surface area contributed by atoms with Crippen molar-refractivity contribution in [3.05, 3.63) is 48.0 Å². The molecule has 0 bridgehead atoms. The second kappa shape index (κ2) is 9.31. The number of amides is 1. The molecule has 0 saturated carbocycles.